The molecule has 13 heavy (non-hydrogen) atoms. The van der Waals surface area contributed by atoms with E-state index in [4.69, 9.17) is 0 Å². The summed E-state index contributed by atoms with van der Waals surface area (Å²) in [6.45, 7) is 4.15. The van der Waals surface area contributed by atoms with E-state index in [0.717, 1.165) is 19.0 Å². The van der Waals surface area contributed by atoms with Gasteiger partial charge in [0.25, 0.3) is 0 Å². The highest BCUT2D eigenvalue weighted by molar-refractivity contribution is 7.09. The molecule has 2 rings (SSSR count). The van der Waals surface area contributed by atoms with Crippen molar-refractivity contribution < 1.29 is 0 Å². The van der Waals surface area contributed by atoms with Gasteiger partial charge in [-0.1, -0.05) is 12.8 Å². The van der Waals surface area contributed by atoms with Crippen molar-refractivity contribution in [3.8, 4) is 0 Å². The minimum absolute atomic E-state index is 0.942. The van der Waals surface area contributed by atoms with Crippen molar-refractivity contribution in [1.29, 1.82) is 0 Å². The van der Waals surface area contributed by atoms with Crippen molar-refractivity contribution in [2.45, 2.75) is 32.7 Å². The Morgan fingerprint density at radius 2 is 2.46 bits per heavy atom. The van der Waals surface area contributed by atoms with Crippen LogP contribution in [0.2, 0.25) is 0 Å². The highest BCUT2D eigenvalue weighted by Crippen LogP contribution is 2.31. The molecule has 3 heteroatoms. The Bertz CT molecular complexity index is 266. The standard InChI is InChI=1S/C10H16N2S/c1-8-12-10(7-13-8)6-11-5-4-9-2-3-9/h7,9,11H,2-6H2,1H3. The lowest BCUT2D eigenvalue weighted by Crippen LogP contribution is -2.15. The SMILES string of the molecule is Cc1nc(CNCCC2CC2)cs1. The molecule has 1 aliphatic rings. The number of nitrogens with one attached hydrogen (secondary N) is 1. The first-order valence-electron chi connectivity index (χ1n) is 4.96. The molecule has 1 saturated carbocycles. The van der Waals surface area contributed by atoms with Crippen molar-refractivity contribution >= 4 is 11.3 Å². The van der Waals surface area contributed by atoms with Crippen LogP contribution in [-0.2, 0) is 6.54 Å². The van der Waals surface area contributed by atoms with Crippen molar-refractivity contribution in [3.05, 3.63) is 16.1 Å². The summed E-state index contributed by atoms with van der Waals surface area (Å²) in [5, 5.41) is 6.73. The average molecular weight is 196 g/mol. The molecule has 1 aromatic rings. The summed E-state index contributed by atoms with van der Waals surface area (Å²) in [6.07, 6.45) is 4.26. The first-order valence-corrected chi connectivity index (χ1v) is 5.84. The molecular formula is C10H16N2S. The minimum Gasteiger partial charge on any atom is -0.311 e. The molecule has 2 nitrogen and oxygen atoms in total. The lowest BCUT2D eigenvalue weighted by atomic mass is 10.3. The maximum atomic E-state index is 4.40. The van der Waals surface area contributed by atoms with Crippen LogP contribution in [0.15, 0.2) is 5.38 Å². The fraction of sp³-hybridized carbons (Fsp3) is 0.700. The van der Waals surface area contributed by atoms with Crippen LogP contribution in [0.4, 0.5) is 0 Å². The molecule has 0 spiro atoms. The topological polar surface area (TPSA) is 24.9 Å². The molecule has 0 bridgehead atoms. The third-order valence-corrected chi connectivity index (χ3v) is 3.22. The summed E-state index contributed by atoms with van der Waals surface area (Å²) in [7, 11) is 0. The molecule has 0 aromatic carbocycles. The summed E-state index contributed by atoms with van der Waals surface area (Å²) in [5.41, 5.74) is 1.19. The zero-order chi connectivity index (χ0) is 9.10. The molecule has 1 N–H and O–H groups in total. The average Bonchev–Trinajstić information content (AvgIpc) is 2.84. The monoisotopic (exact) mass is 196 g/mol. The number of rotatable bonds is 5. The molecule has 1 aromatic heterocycles. The van der Waals surface area contributed by atoms with Gasteiger partial charge in [-0.3, -0.25) is 0 Å². The number of aryl methyl sites for hydroxylation is 1. The summed E-state index contributed by atoms with van der Waals surface area (Å²) >= 11 is 1.73. The Labute approximate surface area is 83.4 Å². The van der Waals surface area contributed by atoms with Crippen molar-refractivity contribution in [1.82, 2.24) is 10.3 Å². The molecular weight excluding hydrogens is 180 g/mol. The predicted molar refractivity (Wildman–Crippen MR) is 55.9 cm³/mol. The number of nitrogens with zero attached hydrogens (tertiary/aromatic N) is 1. The quantitative estimate of drug-likeness (QED) is 0.731. The second-order valence-corrected chi connectivity index (χ2v) is 4.83. The Morgan fingerprint density at radius 3 is 3.08 bits per heavy atom. The third-order valence-electron chi connectivity index (χ3n) is 2.40. The molecule has 0 amide bonds. The van der Waals surface area contributed by atoms with E-state index in [0.29, 0.717) is 0 Å². The number of aromatic nitrogens is 1. The molecule has 1 aliphatic carbocycles. The van der Waals surface area contributed by atoms with Gasteiger partial charge < -0.3 is 5.32 Å². The first kappa shape index (κ1) is 9.16. The summed E-state index contributed by atoms with van der Waals surface area (Å²) in [4.78, 5) is 4.40. The molecule has 0 unspecified atom stereocenters. The second-order valence-electron chi connectivity index (χ2n) is 3.77. The van der Waals surface area contributed by atoms with E-state index >= 15 is 0 Å². The van der Waals surface area contributed by atoms with Crippen LogP contribution in [0, 0.1) is 12.8 Å². The fourth-order valence-corrected chi connectivity index (χ4v) is 2.03. The van der Waals surface area contributed by atoms with Gasteiger partial charge in [0.1, 0.15) is 0 Å². The Balaban J connectivity index is 1.61. The van der Waals surface area contributed by atoms with E-state index in [-0.39, 0.29) is 0 Å². The van der Waals surface area contributed by atoms with E-state index in [1.807, 2.05) is 0 Å². The van der Waals surface area contributed by atoms with E-state index in [2.05, 4.69) is 22.6 Å². The number of hydrogen-bond donors (Lipinski definition) is 1. The van der Waals surface area contributed by atoms with Gasteiger partial charge in [-0.25, -0.2) is 4.98 Å². The second kappa shape index (κ2) is 4.20. The van der Waals surface area contributed by atoms with E-state index in [1.54, 1.807) is 11.3 Å². The normalized spacial score (nSPS) is 16.4. The number of hydrogen-bond acceptors (Lipinski definition) is 3. The van der Waals surface area contributed by atoms with Crippen LogP contribution in [0.5, 0.6) is 0 Å². The van der Waals surface area contributed by atoms with Crippen LogP contribution < -0.4 is 5.32 Å². The highest BCUT2D eigenvalue weighted by Gasteiger charge is 2.19. The summed E-state index contributed by atoms with van der Waals surface area (Å²) in [5.74, 6) is 1.03. The largest absolute Gasteiger partial charge is 0.311 e. The van der Waals surface area contributed by atoms with Crippen LogP contribution in [-0.4, -0.2) is 11.5 Å². The third kappa shape index (κ3) is 3.08. The van der Waals surface area contributed by atoms with Crippen molar-refractivity contribution in [2.24, 2.45) is 5.92 Å². The zero-order valence-electron chi connectivity index (χ0n) is 8.05. The Hall–Kier alpha value is -0.410. The van der Waals surface area contributed by atoms with Gasteiger partial charge in [0.2, 0.25) is 0 Å². The predicted octanol–water partition coefficient (Wildman–Crippen LogP) is 2.34. The van der Waals surface area contributed by atoms with Gasteiger partial charge in [-0.15, -0.1) is 11.3 Å². The highest BCUT2D eigenvalue weighted by atomic mass is 32.1. The maximum absolute atomic E-state index is 4.40. The van der Waals surface area contributed by atoms with Crippen LogP contribution in [0.3, 0.4) is 0 Å². The lowest BCUT2D eigenvalue weighted by molar-refractivity contribution is 0.607. The zero-order valence-corrected chi connectivity index (χ0v) is 8.86. The molecule has 0 saturated heterocycles. The fourth-order valence-electron chi connectivity index (χ4n) is 1.42. The van der Waals surface area contributed by atoms with Crippen molar-refractivity contribution in [3.63, 3.8) is 0 Å². The first-order chi connectivity index (χ1) is 6.34. The van der Waals surface area contributed by atoms with Gasteiger partial charge in [0.15, 0.2) is 0 Å². The lowest BCUT2D eigenvalue weighted by Gasteiger charge is -2.00. The summed E-state index contributed by atoms with van der Waals surface area (Å²) < 4.78 is 0. The Kier molecular flexibility index (Phi) is 2.96. The van der Waals surface area contributed by atoms with Crippen LogP contribution in [0.25, 0.3) is 0 Å². The molecule has 72 valence electrons. The van der Waals surface area contributed by atoms with Gasteiger partial charge in [-0.05, 0) is 25.8 Å². The number of thiazole rings is 1. The van der Waals surface area contributed by atoms with E-state index < -0.39 is 0 Å². The van der Waals surface area contributed by atoms with Crippen LogP contribution >= 0.6 is 11.3 Å². The smallest absolute Gasteiger partial charge is 0.0897 e. The van der Waals surface area contributed by atoms with Crippen LogP contribution in [0.1, 0.15) is 30.0 Å². The van der Waals surface area contributed by atoms with Crippen molar-refractivity contribution in [2.75, 3.05) is 6.54 Å². The van der Waals surface area contributed by atoms with E-state index in [1.165, 1.54) is 30.0 Å². The van der Waals surface area contributed by atoms with Gasteiger partial charge in [0.05, 0.1) is 10.7 Å². The van der Waals surface area contributed by atoms with Gasteiger partial charge in [0, 0.05) is 11.9 Å². The Morgan fingerprint density at radius 1 is 1.62 bits per heavy atom. The van der Waals surface area contributed by atoms with E-state index in [9.17, 15) is 0 Å². The molecule has 0 atom stereocenters. The molecule has 0 aliphatic heterocycles. The van der Waals surface area contributed by atoms with Gasteiger partial charge in [-0.2, -0.15) is 0 Å². The molecule has 1 heterocycles. The summed E-state index contributed by atoms with van der Waals surface area (Å²) in [6, 6.07) is 0. The van der Waals surface area contributed by atoms with Gasteiger partial charge >= 0.3 is 0 Å². The molecule has 0 radical (unpaired) electrons. The maximum Gasteiger partial charge on any atom is 0.0897 e. The molecule has 1 fully saturated rings. The minimum atomic E-state index is 0.942.